The van der Waals surface area contributed by atoms with Crippen LogP contribution < -0.4 is 5.73 Å². The van der Waals surface area contributed by atoms with Gasteiger partial charge in [-0.3, -0.25) is 4.79 Å². The smallest absolute Gasteiger partial charge is 0.306 e. The minimum atomic E-state index is -0.210. The zero-order valence-electron chi connectivity index (χ0n) is 10.8. The third-order valence-electron chi connectivity index (χ3n) is 3.08. The molecule has 3 nitrogen and oxygen atoms in total. The summed E-state index contributed by atoms with van der Waals surface area (Å²) in [6.45, 7) is 4.04. The first kappa shape index (κ1) is 13.7. The van der Waals surface area contributed by atoms with Gasteiger partial charge in [0, 0.05) is 12.0 Å². The lowest BCUT2D eigenvalue weighted by Gasteiger charge is -2.22. The van der Waals surface area contributed by atoms with Gasteiger partial charge in [-0.15, -0.1) is 0 Å². The number of ether oxygens (including phenoxy) is 1. The van der Waals surface area contributed by atoms with Crippen molar-refractivity contribution in [2.45, 2.75) is 38.6 Å². The number of hydrogen-bond donors (Lipinski definition) is 1. The fraction of sp³-hybridized carbons (Fsp3) is 0.500. The first-order valence-electron chi connectivity index (χ1n) is 6.00. The van der Waals surface area contributed by atoms with Crippen LogP contribution in [0.1, 0.15) is 37.3 Å². The van der Waals surface area contributed by atoms with E-state index in [4.69, 9.17) is 10.5 Å². The van der Waals surface area contributed by atoms with Crippen LogP contribution in [-0.4, -0.2) is 19.1 Å². The Kier molecular flexibility index (Phi) is 5.16. The molecule has 0 radical (unpaired) electrons. The maximum absolute atomic E-state index is 11.4. The summed E-state index contributed by atoms with van der Waals surface area (Å²) in [5.41, 5.74) is 8.40. The maximum Gasteiger partial charge on any atom is 0.306 e. The van der Waals surface area contributed by atoms with Gasteiger partial charge >= 0.3 is 5.97 Å². The molecule has 17 heavy (non-hydrogen) atoms. The third-order valence-corrected chi connectivity index (χ3v) is 3.08. The normalized spacial score (nSPS) is 14.1. The molecule has 0 bridgehead atoms. The fourth-order valence-electron chi connectivity index (χ4n) is 2.06. The van der Waals surface area contributed by atoms with Crippen molar-refractivity contribution in [2.75, 3.05) is 7.11 Å². The van der Waals surface area contributed by atoms with E-state index in [0.717, 1.165) is 12.0 Å². The lowest BCUT2D eigenvalue weighted by molar-refractivity contribution is -0.141. The maximum atomic E-state index is 11.4. The molecule has 3 heteroatoms. The van der Waals surface area contributed by atoms with E-state index in [2.05, 4.69) is 19.1 Å². The second-order valence-electron chi connectivity index (χ2n) is 4.30. The Bertz CT molecular complexity index is 374. The molecule has 0 aliphatic heterocycles. The first-order valence-corrected chi connectivity index (χ1v) is 6.00. The number of carbonyl (C=O) groups excluding carboxylic acids is 1. The molecule has 0 aliphatic carbocycles. The highest BCUT2D eigenvalue weighted by molar-refractivity contribution is 5.70. The summed E-state index contributed by atoms with van der Waals surface area (Å²) >= 11 is 0. The number of nitrogens with two attached hydrogens (primary N) is 1. The third kappa shape index (κ3) is 3.56. The zero-order chi connectivity index (χ0) is 12.8. The Labute approximate surface area is 103 Å². The second-order valence-corrected chi connectivity index (χ2v) is 4.30. The monoisotopic (exact) mass is 235 g/mol. The molecule has 1 aromatic rings. The number of methoxy groups -OCH3 is 1. The van der Waals surface area contributed by atoms with Crippen LogP contribution in [-0.2, 0) is 16.0 Å². The van der Waals surface area contributed by atoms with Crippen molar-refractivity contribution >= 4 is 5.97 Å². The predicted molar refractivity (Wildman–Crippen MR) is 68.8 cm³/mol. The summed E-state index contributed by atoms with van der Waals surface area (Å²) in [6.07, 6.45) is 1.28. The van der Waals surface area contributed by atoms with Crippen LogP contribution in [0.2, 0.25) is 0 Å². The summed E-state index contributed by atoms with van der Waals surface area (Å²) in [5.74, 6) is -0.184. The van der Waals surface area contributed by atoms with Crippen molar-refractivity contribution in [3.05, 3.63) is 35.4 Å². The quantitative estimate of drug-likeness (QED) is 0.796. The second kappa shape index (κ2) is 6.40. The number of benzene rings is 1. The van der Waals surface area contributed by atoms with Crippen LogP contribution in [0.4, 0.5) is 0 Å². The van der Waals surface area contributed by atoms with Gasteiger partial charge in [0.15, 0.2) is 0 Å². The molecular formula is C14H21NO2. The SMILES string of the molecule is CCc1ccccc1C(CC(=O)OC)C(C)N. The van der Waals surface area contributed by atoms with Crippen molar-refractivity contribution in [3.63, 3.8) is 0 Å². The van der Waals surface area contributed by atoms with Crippen molar-refractivity contribution in [3.8, 4) is 0 Å². The van der Waals surface area contributed by atoms with E-state index in [1.54, 1.807) is 0 Å². The minimum absolute atomic E-state index is 0.0265. The van der Waals surface area contributed by atoms with Gasteiger partial charge < -0.3 is 10.5 Å². The highest BCUT2D eigenvalue weighted by atomic mass is 16.5. The average molecular weight is 235 g/mol. The molecule has 0 fully saturated rings. The Hall–Kier alpha value is -1.35. The Balaban J connectivity index is 3.01. The van der Waals surface area contributed by atoms with E-state index < -0.39 is 0 Å². The molecule has 0 aliphatic rings. The van der Waals surface area contributed by atoms with Crippen molar-refractivity contribution in [2.24, 2.45) is 5.73 Å². The molecule has 0 saturated heterocycles. The van der Waals surface area contributed by atoms with Crippen LogP contribution in [0.3, 0.4) is 0 Å². The Morgan fingerprint density at radius 2 is 2.06 bits per heavy atom. The molecule has 94 valence electrons. The molecule has 1 rings (SSSR count). The number of esters is 1. The number of hydrogen-bond acceptors (Lipinski definition) is 3. The van der Waals surface area contributed by atoms with Crippen LogP contribution in [0.15, 0.2) is 24.3 Å². The average Bonchev–Trinajstić information content (AvgIpc) is 2.35. The molecular weight excluding hydrogens is 214 g/mol. The zero-order valence-corrected chi connectivity index (χ0v) is 10.8. The van der Waals surface area contributed by atoms with Crippen molar-refractivity contribution in [1.29, 1.82) is 0 Å². The van der Waals surface area contributed by atoms with Gasteiger partial charge in [-0.25, -0.2) is 0 Å². The van der Waals surface area contributed by atoms with E-state index in [1.807, 2.05) is 19.1 Å². The summed E-state index contributed by atoms with van der Waals surface area (Å²) in [5, 5.41) is 0. The molecule has 0 saturated carbocycles. The lowest BCUT2D eigenvalue weighted by atomic mass is 9.86. The highest BCUT2D eigenvalue weighted by Gasteiger charge is 2.22. The molecule has 0 amide bonds. The van der Waals surface area contributed by atoms with Gasteiger partial charge in [-0.2, -0.15) is 0 Å². The van der Waals surface area contributed by atoms with E-state index >= 15 is 0 Å². The van der Waals surface area contributed by atoms with Crippen molar-refractivity contribution < 1.29 is 9.53 Å². The van der Waals surface area contributed by atoms with Gasteiger partial charge in [0.05, 0.1) is 13.5 Å². The molecule has 2 N–H and O–H groups in total. The largest absolute Gasteiger partial charge is 0.469 e. The predicted octanol–water partition coefficient (Wildman–Crippen LogP) is 2.24. The molecule has 2 atom stereocenters. The van der Waals surface area contributed by atoms with Gasteiger partial charge in [-0.1, -0.05) is 31.2 Å². The first-order chi connectivity index (χ1) is 8.10. The highest BCUT2D eigenvalue weighted by Crippen LogP contribution is 2.26. The summed E-state index contributed by atoms with van der Waals surface area (Å²) in [6, 6.07) is 8.07. The van der Waals surface area contributed by atoms with Gasteiger partial charge in [0.1, 0.15) is 0 Å². The lowest BCUT2D eigenvalue weighted by Crippen LogP contribution is -2.28. The topological polar surface area (TPSA) is 52.3 Å². The standard InChI is InChI=1S/C14H21NO2/c1-4-11-7-5-6-8-12(11)13(10(2)15)9-14(16)17-3/h5-8,10,13H,4,9,15H2,1-3H3. The Morgan fingerprint density at radius 1 is 1.41 bits per heavy atom. The van der Waals surface area contributed by atoms with Gasteiger partial charge in [-0.05, 0) is 24.5 Å². The van der Waals surface area contributed by atoms with Crippen LogP contribution in [0.25, 0.3) is 0 Å². The number of aryl methyl sites for hydroxylation is 1. The molecule has 0 heterocycles. The van der Waals surface area contributed by atoms with Crippen molar-refractivity contribution in [1.82, 2.24) is 0 Å². The molecule has 0 spiro atoms. The molecule has 0 aromatic heterocycles. The summed E-state index contributed by atoms with van der Waals surface area (Å²) < 4.78 is 4.73. The number of carbonyl (C=O) groups is 1. The minimum Gasteiger partial charge on any atom is -0.469 e. The van der Waals surface area contributed by atoms with E-state index in [9.17, 15) is 4.79 Å². The fourth-order valence-corrected chi connectivity index (χ4v) is 2.06. The molecule has 2 unspecified atom stereocenters. The molecule has 1 aromatic carbocycles. The van der Waals surface area contributed by atoms with Gasteiger partial charge in [0.2, 0.25) is 0 Å². The summed E-state index contributed by atoms with van der Waals surface area (Å²) in [7, 11) is 1.41. The van der Waals surface area contributed by atoms with E-state index in [0.29, 0.717) is 6.42 Å². The number of rotatable bonds is 5. The van der Waals surface area contributed by atoms with E-state index in [-0.39, 0.29) is 17.9 Å². The van der Waals surface area contributed by atoms with Crippen LogP contribution in [0, 0.1) is 0 Å². The van der Waals surface area contributed by atoms with Gasteiger partial charge in [0.25, 0.3) is 0 Å². The van der Waals surface area contributed by atoms with Crippen LogP contribution in [0.5, 0.6) is 0 Å². The van der Waals surface area contributed by atoms with Crippen LogP contribution >= 0.6 is 0 Å². The Morgan fingerprint density at radius 3 is 2.59 bits per heavy atom. The summed E-state index contributed by atoms with van der Waals surface area (Å²) in [4.78, 5) is 11.4. The van der Waals surface area contributed by atoms with E-state index in [1.165, 1.54) is 12.7 Å².